The van der Waals surface area contributed by atoms with E-state index in [4.69, 9.17) is 0 Å². The van der Waals surface area contributed by atoms with Gasteiger partial charge in [0.15, 0.2) is 5.69 Å². The summed E-state index contributed by atoms with van der Waals surface area (Å²) in [5.41, 5.74) is 1.10. The van der Waals surface area contributed by atoms with E-state index in [1.54, 1.807) is 15.8 Å². The Balaban J connectivity index is 1.79. The van der Waals surface area contributed by atoms with E-state index >= 15 is 0 Å². The van der Waals surface area contributed by atoms with Crippen molar-refractivity contribution in [3.8, 4) is 5.69 Å². The summed E-state index contributed by atoms with van der Waals surface area (Å²) in [6.07, 6.45) is 2.62. The third kappa shape index (κ3) is 4.65. The molecule has 0 unspecified atom stereocenters. The normalized spacial score (nSPS) is 10.4. The summed E-state index contributed by atoms with van der Waals surface area (Å²) >= 11 is 0. The third-order valence-electron chi connectivity index (χ3n) is 3.72. The van der Waals surface area contributed by atoms with Crippen molar-refractivity contribution in [2.24, 2.45) is 0 Å². The summed E-state index contributed by atoms with van der Waals surface area (Å²) in [5.74, 6) is -0.170. The predicted molar refractivity (Wildman–Crippen MR) is 90.9 cm³/mol. The van der Waals surface area contributed by atoms with Gasteiger partial charge in [-0.05, 0) is 32.4 Å². The van der Waals surface area contributed by atoms with Gasteiger partial charge in [-0.25, -0.2) is 4.68 Å². The molecule has 1 aromatic heterocycles. The summed E-state index contributed by atoms with van der Waals surface area (Å²) in [5, 5.41) is 10.6. The summed E-state index contributed by atoms with van der Waals surface area (Å²) in [6, 6.07) is 9.46. The molecule has 0 aliphatic heterocycles. The van der Waals surface area contributed by atoms with Crippen molar-refractivity contribution in [1.82, 2.24) is 25.2 Å². The molecule has 0 saturated heterocycles. The van der Waals surface area contributed by atoms with E-state index in [9.17, 15) is 9.59 Å². The Morgan fingerprint density at radius 3 is 2.54 bits per heavy atom. The molecular weight excluding hydrogens is 306 g/mol. The molecule has 1 N–H and O–H groups in total. The Morgan fingerprint density at radius 2 is 1.88 bits per heavy atom. The van der Waals surface area contributed by atoms with Crippen molar-refractivity contribution in [3.63, 3.8) is 0 Å². The number of aromatic nitrogens is 3. The highest BCUT2D eigenvalue weighted by Gasteiger charge is 2.12. The number of para-hydroxylation sites is 1. The number of carbonyl (C=O) groups is 2. The molecule has 0 radical (unpaired) electrons. The van der Waals surface area contributed by atoms with Crippen LogP contribution < -0.4 is 5.32 Å². The van der Waals surface area contributed by atoms with E-state index in [2.05, 4.69) is 15.6 Å². The summed E-state index contributed by atoms with van der Waals surface area (Å²) in [6.45, 7) is 5.77. The van der Waals surface area contributed by atoms with Gasteiger partial charge in [0, 0.05) is 26.1 Å². The lowest BCUT2D eigenvalue weighted by atomic mass is 10.2. The van der Waals surface area contributed by atoms with E-state index in [1.807, 2.05) is 44.2 Å². The fraction of sp³-hybridized carbons (Fsp3) is 0.412. The first-order chi connectivity index (χ1) is 11.7. The SMILES string of the molecule is CCN(CC)C(=O)CCCNC(=O)c1cn(-c2ccccc2)nn1. The molecule has 2 amide bonds. The highest BCUT2D eigenvalue weighted by atomic mass is 16.2. The quantitative estimate of drug-likeness (QED) is 0.747. The predicted octanol–water partition coefficient (Wildman–Crippen LogP) is 1.65. The van der Waals surface area contributed by atoms with Crippen LogP contribution in [0, 0.1) is 0 Å². The number of nitrogens with one attached hydrogen (secondary N) is 1. The Morgan fingerprint density at radius 1 is 1.17 bits per heavy atom. The molecular formula is C17H23N5O2. The van der Waals surface area contributed by atoms with Crippen LogP contribution in [0.1, 0.15) is 37.2 Å². The van der Waals surface area contributed by atoms with Gasteiger partial charge >= 0.3 is 0 Å². The number of nitrogens with zero attached hydrogens (tertiary/aromatic N) is 4. The minimum atomic E-state index is -0.285. The summed E-state index contributed by atoms with van der Waals surface area (Å²) in [4.78, 5) is 25.7. The summed E-state index contributed by atoms with van der Waals surface area (Å²) in [7, 11) is 0. The number of benzene rings is 1. The first kappa shape index (κ1) is 17.7. The van der Waals surface area contributed by atoms with Crippen LogP contribution in [0.2, 0.25) is 0 Å². The smallest absolute Gasteiger partial charge is 0.273 e. The molecule has 0 aliphatic carbocycles. The molecule has 1 aromatic carbocycles. The van der Waals surface area contributed by atoms with Crippen molar-refractivity contribution in [2.75, 3.05) is 19.6 Å². The first-order valence-electron chi connectivity index (χ1n) is 8.19. The molecule has 24 heavy (non-hydrogen) atoms. The number of rotatable bonds is 8. The highest BCUT2D eigenvalue weighted by Crippen LogP contribution is 2.05. The fourth-order valence-electron chi connectivity index (χ4n) is 2.34. The maximum absolute atomic E-state index is 12.1. The van der Waals surface area contributed by atoms with Crippen LogP contribution in [0.15, 0.2) is 36.5 Å². The first-order valence-corrected chi connectivity index (χ1v) is 8.19. The van der Waals surface area contributed by atoms with E-state index in [0.29, 0.717) is 32.5 Å². The lowest BCUT2D eigenvalue weighted by Crippen LogP contribution is -2.31. The second kappa shape index (κ2) is 8.81. The monoisotopic (exact) mass is 329 g/mol. The van der Waals surface area contributed by atoms with Gasteiger partial charge in [0.1, 0.15) is 0 Å². The van der Waals surface area contributed by atoms with Gasteiger partial charge in [0.05, 0.1) is 11.9 Å². The van der Waals surface area contributed by atoms with E-state index in [0.717, 1.165) is 5.69 Å². The average Bonchev–Trinajstić information content (AvgIpc) is 3.10. The maximum atomic E-state index is 12.1. The maximum Gasteiger partial charge on any atom is 0.273 e. The van der Waals surface area contributed by atoms with Crippen LogP contribution in [0.25, 0.3) is 5.69 Å². The molecule has 7 nitrogen and oxygen atoms in total. The molecule has 0 aliphatic rings. The molecule has 0 atom stereocenters. The van der Waals surface area contributed by atoms with Crippen molar-refractivity contribution in [3.05, 3.63) is 42.2 Å². The zero-order chi connectivity index (χ0) is 17.4. The van der Waals surface area contributed by atoms with Gasteiger partial charge < -0.3 is 10.2 Å². The molecule has 0 saturated carbocycles. The van der Waals surface area contributed by atoms with Crippen LogP contribution in [-0.4, -0.2) is 51.3 Å². The molecule has 128 valence electrons. The van der Waals surface area contributed by atoms with Crippen molar-refractivity contribution in [1.29, 1.82) is 0 Å². The fourth-order valence-corrected chi connectivity index (χ4v) is 2.34. The molecule has 2 rings (SSSR count). The van der Waals surface area contributed by atoms with E-state index < -0.39 is 0 Å². The van der Waals surface area contributed by atoms with Gasteiger partial charge in [-0.2, -0.15) is 0 Å². The van der Waals surface area contributed by atoms with Gasteiger partial charge in [-0.1, -0.05) is 23.4 Å². The number of hydrogen-bond donors (Lipinski definition) is 1. The number of hydrogen-bond acceptors (Lipinski definition) is 4. The Bertz CT molecular complexity index is 665. The zero-order valence-electron chi connectivity index (χ0n) is 14.1. The van der Waals surface area contributed by atoms with Gasteiger partial charge in [-0.15, -0.1) is 5.10 Å². The molecule has 2 aromatic rings. The van der Waals surface area contributed by atoms with Crippen molar-refractivity contribution in [2.45, 2.75) is 26.7 Å². The molecule has 0 fully saturated rings. The van der Waals surface area contributed by atoms with Crippen LogP contribution in [0.3, 0.4) is 0 Å². The van der Waals surface area contributed by atoms with Crippen molar-refractivity contribution < 1.29 is 9.59 Å². The highest BCUT2D eigenvalue weighted by molar-refractivity contribution is 5.91. The van der Waals surface area contributed by atoms with Gasteiger partial charge in [0.25, 0.3) is 5.91 Å². The largest absolute Gasteiger partial charge is 0.351 e. The van der Waals surface area contributed by atoms with E-state index in [-0.39, 0.29) is 17.5 Å². The van der Waals surface area contributed by atoms with Gasteiger partial charge in [-0.3, -0.25) is 9.59 Å². The molecule has 1 heterocycles. The molecule has 0 bridgehead atoms. The van der Waals surface area contributed by atoms with Gasteiger partial charge in [0.2, 0.25) is 5.91 Å². The number of carbonyl (C=O) groups excluding carboxylic acids is 2. The van der Waals surface area contributed by atoms with Crippen LogP contribution in [-0.2, 0) is 4.79 Å². The minimum absolute atomic E-state index is 0.115. The molecule has 0 spiro atoms. The Kier molecular flexibility index (Phi) is 6.48. The van der Waals surface area contributed by atoms with E-state index in [1.165, 1.54) is 0 Å². The second-order valence-electron chi connectivity index (χ2n) is 5.31. The second-order valence-corrected chi connectivity index (χ2v) is 5.31. The molecule has 7 heteroatoms. The topological polar surface area (TPSA) is 80.1 Å². The average molecular weight is 329 g/mol. The third-order valence-corrected chi connectivity index (χ3v) is 3.72. The van der Waals surface area contributed by atoms with Crippen LogP contribution in [0.4, 0.5) is 0 Å². The van der Waals surface area contributed by atoms with Crippen LogP contribution in [0.5, 0.6) is 0 Å². The Hall–Kier alpha value is -2.70. The number of amides is 2. The Labute approximate surface area is 141 Å². The lowest BCUT2D eigenvalue weighted by Gasteiger charge is -2.18. The standard InChI is InChI=1S/C17H23N5O2/c1-3-21(4-2)16(23)11-8-12-18-17(24)15-13-22(20-19-15)14-9-6-5-7-10-14/h5-7,9-10,13H,3-4,8,11-12H2,1-2H3,(H,18,24). The van der Waals surface area contributed by atoms with Crippen LogP contribution >= 0.6 is 0 Å². The van der Waals surface area contributed by atoms with Crippen molar-refractivity contribution >= 4 is 11.8 Å². The lowest BCUT2D eigenvalue weighted by molar-refractivity contribution is -0.130. The summed E-state index contributed by atoms with van der Waals surface area (Å²) < 4.78 is 1.55. The minimum Gasteiger partial charge on any atom is -0.351 e. The zero-order valence-corrected chi connectivity index (χ0v) is 14.1.